The van der Waals surface area contributed by atoms with Crippen LogP contribution in [0.2, 0.25) is 0 Å². The molecule has 21 heavy (non-hydrogen) atoms. The van der Waals surface area contributed by atoms with Gasteiger partial charge in [-0.3, -0.25) is 4.79 Å². The second-order valence-corrected chi connectivity index (χ2v) is 4.44. The number of hydrogen-bond acceptors (Lipinski definition) is 3. The Labute approximate surface area is 121 Å². The summed E-state index contributed by atoms with van der Waals surface area (Å²) in [5.74, 6) is -0.434. The Morgan fingerprint density at radius 3 is 2.67 bits per heavy atom. The number of carbonyl (C=O) groups is 1. The maximum absolute atomic E-state index is 13.1. The number of aryl methyl sites for hydroxylation is 1. The van der Waals surface area contributed by atoms with E-state index in [0.717, 1.165) is 5.56 Å². The second kappa shape index (κ2) is 6.53. The molecule has 1 amide bonds. The summed E-state index contributed by atoms with van der Waals surface area (Å²) in [6.07, 6.45) is 0. The molecule has 4 nitrogen and oxygen atoms in total. The quantitative estimate of drug-likeness (QED) is 0.938. The first-order valence-corrected chi connectivity index (χ1v) is 6.27. The zero-order valence-electron chi connectivity index (χ0n) is 11.4. The molecule has 2 aromatic rings. The summed E-state index contributed by atoms with van der Waals surface area (Å²) in [7, 11) is 0. The number of hydrogen-bond donors (Lipinski definition) is 1. The van der Waals surface area contributed by atoms with Gasteiger partial charge < -0.3 is 10.1 Å². The standard InChI is InChI=1S/C16H13FN2O2/c1-11-2-5-13(17)8-15(11)21-10-16(20)19-14-6-3-12(9-18)4-7-14/h2-8H,10H2,1H3,(H,19,20). The highest BCUT2D eigenvalue weighted by Gasteiger charge is 2.06. The van der Waals surface area contributed by atoms with Crippen LogP contribution in [0.25, 0.3) is 0 Å². The normalized spacial score (nSPS) is 9.76. The first kappa shape index (κ1) is 14.5. The Kier molecular flexibility index (Phi) is 4.52. The maximum atomic E-state index is 13.1. The van der Waals surface area contributed by atoms with Gasteiger partial charge in [-0.05, 0) is 42.8 Å². The van der Waals surface area contributed by atoms with Crippen molar-refractivity contribution in [3.63, 3.8) is 0 Å². The number of rotatable bonds is 4. The zero-order valence-corrected chi connectivity index (χ0v) is 11.4. The van der Waals surface area contributed by atoms with E-state index in [4.69, 9.17) is 10.00 Å². The first-order chi connectivity index (χ1) is 10.1. The fraction of sp³-hybridized carbons (Fsp3) is 0.125. The molecule has 0 aliphatic rings. The highest BCUT2D eigenvalue weighted by atomic mass is 19.1. The molecular weight excluding hydrogens is 271 g/mol. The number of halogens is 1. The smallest absolute Gasteiger partial charge is 0.262 e. The van der Waals surface area contributed by atoms with Crippen LogP contribution in [0.5, 0.6) is 5.75 Å². The molecule has 0 aliphatic carbocycles. The molecule has 0 atom stereocenters. The van der Waals surface area contributed by atoms with Crippen LogP contribution in [0.4, 0.5) is 10.1 Å². The van der Waals surface area contributed by atoms with Crippen molar-refractivity contribution < 1.29 is 13.9 Å². The van der Waals surface area contributed by atoms with Gasteiger partial charge in [0.15, 0.2) is 6.61 Å². The van der Waals surface area contributed by atoms with Gasteiger partial charge in [-0.1, -0.05) is 6.07 Å². The predicted molar refractivity (Wildman–Crippen MR) is 76.4 cm³/mol. The Balaban J connectivity index is 1.92. The number of nitriles is 1. The number of benzene rings is 2. The lowest BCUT2D eigenvalue weighted by molar-refractivity contribution is -0.118. The minimum Gasteiger partial charge on any atom is -0.483 e. The average Bonchev–Trinajstić information content (AvgIpc) is 2.49. The molecular formula is C16H13FN2O2. The van der Waals surface area contributed by atoms with Gasteiger partial charge in [0.1, 0.15) is 11.6 Å². The molecule has 5 heteroatoms. The predicted octanol–water partition coefficient (Wildman–Crippen LogP) is 3.02. The fourth-order valence-electron chi connectivity index (χ4n) is 1.70. The molecule has 0 unspecified atom stereocenters. The van der Waals surface area contributed by atoms with E-state index >= 15 is 0 Å². The largest absolute Gasteiger partial charge is 0.483 e. The van der Waals surface area contributed by atoms with Crippen LogP contribution >= 0.6 is 0 Å². The monoisotopic (exact) mass is 284 g/mol. The van der Waals surface area contributed by atoms with Crippen LogP contribution in [-0.2, 0) is 4.79 Å². The van der Waals surface area contributed by atoms with Crippen molar-refractivity contribution in [1.29, 1.82) is 5.26 Å². The summed E-state index contributed by atoms with van der Waals surface area (Å²) < 4.78 is 18.4. The van der Waals surface area contributed by atoms with Crippen molar-refractivity contribution in [2.75, 3.05) is 11.9 Å². The number of nitrogens with one attached hydrogen (secondary N) is 1. The Bertz CT molecular complexity index is 690. The lowest BCUT2D eigenvalue weighted by Gasteiger charge is -2.09. The van der Waals surface area contributed by atoms with Crippen LogP contribution in [-0.4, -0.2) is 12.5 Å². The number of nitrogens with zero attached hydrogens (tertiary/aromatic N) is 1. The SMILES string of the molecule is Cc1ccc(F)cc1OCC(=O)Nc1ccc(C#N)cc1. The van der Waals surface area contributed by atoms with E-state index in [1.54, 1.807) is 37.3 Å². The molecule has 0 saturated carbocycles. The Morgan fingerprint density at radius 1 is 1.29 bits per heavy atom. The molecule has 2 aromatic carbocycles. The van der Waals surface area contributed by atoms with Crippen molar-refractivity contribution in [2.24, 2.45) is 0 Å². The van der Waals surface area contributed by atoms with Crippen LogP contribution in [0.15, 0.2) is 42.5 Å². The second-order valence-electron chi connectivity index (χ2n) is 4.44. The molecule has 0 bridgehead atoms. The number of ether oxygens (including phenoxy) is 1. The van der Waals surface area contributed by atoms with Crippen molar-refractivity contribution in [1.82, 2.24) is 0 Å². The average molecular weight is 284 g/mol. The van der Waals surface area contributed by atoms with Crippen LogP contribution in [0, 0.1) is 24.1 Å². The third-order valence-electron chi connectivity index (χ3n) is 2.81. The van der Waals surface area contributed by atoms with E-state index in [-0.39, 0.29) is 12.5 Å². The fourth-order valence-corrected chi connectivity index (χ4v) is 1.70. The molecule has 1 N–H and O–H groups in total. The molecule has 2 rings (SSSR count). The first-order valence-electron chi connectivity index (χ1n) is 6.27. The van der Waals surface area contributed by atoms with E-state index in [1.807, 2.05) is 6.07 Å². The van der Waals surface area contributed by atoms with Crippen LogP contribution in [0.3, 0.4) is 0 Å². The van der Waals surface area contributed by atoms with Crippen LogP contribution < -0.4 is 10.1 Å². The van der Waals surface area contributed by atoms with Gasteiger partial charge in [0, 0.05) is 11.8 Å². The number of amides is 1. The lowest BCUT2D eigenvalue weighted by atomic mass is 10.2. The van der Waals surface area contributed by atoms with E-state index in [2.05, 4.69) is 5.32 Å². The summed E-state index contributed by atoms with van der Waals surface area (Å²) in [5.41, 5.74) is 1.83. The molecule has 0 fully saturated rings. The lowest BCUT2D eigenvalue weighted by Crippen LogP contribution is -2.20. The summed E-state index contributed by atoms with van der Waals surface area (Å²) in [6, 6.07) is 12.6. The van der Waals surface area contributed by atoms with E-state index < -0.39 is 5.82 Å². The highest BCUT2D eigenvalue weighted by molar-refractivity contribution is 5.91. The molecule has 0 saturated heterocycles. The minimum absolute atomic E-state index is 0.218. The number of carbonyl (C=O) groups excluding carboxylic acids is 1. The van der Waals surface area contributed by atoms with Crippen molar-refractivity contribution in [2.45, 2.75) is 6.92 Å². The van der Waals surface area contributed by atoms with Crippen molar-refractivity contribution >= 4 is 11.6 Å². The van der Waals surface area contributed by atoms with Crippen LogP contribution in [0.1, 0.15) is 11.1 Å². The van der Waals surface area contributed by atoms with Gasteiger partial charge in [-0.2, -0.15) is 5.26 Å². The van der Waals surface area contributed by atoms with Crippen molar-refractivity contribution in [3.8, 4) is 11.8 Å². The number of anilines is 1. The summed E-state index contributed by atoms with van der Waals surface area (Å²) >= 11 is 0. The van der Waals surface area contributed by atoms with Gasteiger partial charge in [0.05, 0.1) is 11.6 Å². The van der Waals surface area contributed by atoms with Crippen molar-refractivity contribution in [3.05, 3.63) is 59.4 Å². The molecule has 0 heterocycles. The van der Waals surface area contributed by atoms with Gasteiger partial charge >= 0.3 is 0 Å². The molecule has 0 radical (unpaired) electrons. The third kappa shape index (κ3) is 4.05. The molecule has 0 spiro atoms. The maximum Gasteiger partial charge on any atom is 0.262 e. The third-order valence-corrected chi connectivity index (χ3v) is 2.81. The summed E-state index contributed by atoms with van der Waals surface area (Å²) in [5, 5.41) is 11.3. The van der Waals surface area contributed by atoms with Gasteiger partial charge in [-0.25, -0.2) is 4.39 Å². The van der Waals surface area contributed by atoms with E-state index in [9.17, 15) is 9.18 Å². The van der Waals surface area contributed by atoms with Gasteiger partial charge in [0.2, 0.25) is 0 Å². The Morgan fingerprint density at radius 2 is 2.00 bits per heavy atom. The van der Waals surface area contributed by atoms with Gasteiger partial charge in [0.25, 0.3) is 5.91 Å². The Hall–Kier alpha value is -2.87. The highest BCUT2D eigenvalue weighted by Crippen LogP contribution is 2.18. The molecule has 0 aromatic heterocycles. The van der Waals surface area contributed by atoms with E-state index in [1.165, 1.54) is 12.1 Å². The summed E-state index contributed by atoms with van der Waals surface area (Å²) in [4.78, 5) is 11.7. The van der Waals surface area contributed by atoms with E-state index in [0.29, 0.717) is 17.0 Å². The summed E-state index contributed by atoms with van der Waals surface area (Å²) in [6.45, 7) is 1.55. The minimum atomic E-state index is -0.414. The molecule has 106 valence electrons. The van der Waals surface area contributed by atoms with Gasteiger partial charge in [-0.15, -0.1) is 0 Å². The zero-order chi connectivity index (χ0) is 15.2. The molecule has 0 aliphatic heterocycles. The topological polar surface area (TPSA) is 62.1 Å².